The average Bonchev–Trinajstić information content (AvgIpc) is 2.75. The van der Waals surface area contributed by atoms with Gasteiger partial charge in [0.15, 0.2) is 0 Å². The first-order chi connectivity index (χ1) is 8.91. The SMILES string of the molecule is Cc1c([N+](=O)[O-])cn(Cc2nnsc2Cl)c(=O)c1Br. The Morgan fingerprint density at radius 1 is 1.63 bits per heavy atom. The summed E-state index contributed by atoms with van der Waals surface area (Å²) in [6.07, 6.45) is 1.18. The molecular weight excluding hydrogens is 360 g/mol. The van der Waals surface area contributed by atoms with Crippen molar-refractivity contribution in [3.05, 3.63) is 46.7 Å². The van der Waals surface area contributed by atoms with E-state index in [4.69, 9.17) is 11.6 Å². The number of halogens is 2. The van der Waals surface area contributed by atoms with E-state index in [2.05, 4.69) is 25.5 Å². The van der Waals surface area contributed by atoms with Gasteiger partial charge in [0.2, 0.25) is 0 Å². The van der Waals surface area contributed by atoms with Crippen LogP contribution in [0.25, 0.3) is 0 Å². The molecule has 2 heterocycles. The number of nitrogens with zero attached hydrogens (tertiary/aromatic N) is 4. The zero-order valence-corrected chi connectivity index (χ0v) is 12.6. The summed E-state index contributed by atoms with van der Waals surface area (Å²) in [5.74, 6) is 0. The van der Waals surface area contributed by atoms with Crippen LogP contribution in [0.15, 0.2) is 15.5 Å². The minimum Gasteiger partial charge on any atom is -0.302 e. The summed E-state index contributed by atoms with van der Waals surface area (Å²) in [5, 5.41) is 14.7. The van der Waals surface area contributed by atoms with Gasteiger partial charge in [0, 0.05) is 17.1 Å². The first-order valence-electron chi connectivity index (χ1n) is 4.92. The van der Waals surface area contributed by atoms with Crippen LogP contribution in [0.2, 0.25) is 4.34 Å². The predicted molar refractivity (Wildman–Crippen MR) is 73.8 cm³/mol. The van der Waals surface area contributed by atoms with Crippen molar-refractivity contribution in [3.63, 3.8) is 0 Å². The molecule has 0 atom stereocenters. The molecule has 0 spiro atoms. The number of rotatable bonds is 3. The lowest BCUT2D eigenvalue weighted by Gasteiger charge is -2.07. The molecule has 0 bridgehead atoms. The highest BCUT2D eigenvalue weighted by atomic mass is 79.9. The van der Waals surface area contributed by atoms with Crippen LogP contribution < -0.4 is 5.56 Å². The highest BCUT2D eigenvalue weighted by Gasteiger charge is 2.19. The molecule has 0 amide bonds. The molecule has 100 valence electrons. The minimum atomic E-state index is -0.545. The first-order valence-corrected chi connectivity index (χ1v) is 6.87. The van der Waals surface area contributed by atoms with Crippen molar-refractivity contribution < 1.29 is 4.92 Å². The Hall–Kier alpha value is -1.32. The van der Waals surface area contributed by atoms with Crippen molar-refractivity contribution in [2.24, 2.45) is 0 Å². The van der Waals surface area contributed by atoms with Crippen LogP contribution in [0.3, 0.4) is 0 Å². The second-order valence-electron chi connectivity index (χ2n) is 3.64. The monoisotopic (exact) mass is 364 g/mol. The van der Waals surface area contributed by atoms with Crippen molar-refractivity contribution in [2.45, 2.75) is 13.5 Å². The third-order valence-corrected chi connectivity index (χ3v) is 4.38. The summed E-state index contributed by atoms with van der Waals surface area (Å²) in [5.41, 5.74) is 0.158. The van der Waals surface area contributed by atoms with Crippen molar-refractivity contribution in [1.82, 2.24) is 14.2 Å². The van der Waals surface area contributed by atoms with Gasteiger partial charge in [0.1, 0.15) is 10.0 Å². The average molecular weight is 366 g/mol. The zero-order valence-electron chi connectivity index (χ0n) is 9.46. The van der Waals surface area contributed by atoms with Gasteiger partial charge in [0.05, 0.1) is 22.1 Å². The molecule has 7 nitrogen and oxygen atoms in total. The molecule has 0 N–H and O–H groups in total. The second-order valence-corrected chi connectivity index (χ2v) is 5.79. The number of aromatic nitrogens is 3. The summed E-state index contributed by atoms with van der Waals surface area (Å²) in [7, 11) is 0. The van der Waals surface area contributed by atoms with Crippen molar-refractivity contribution in [3.8, 4) is 0 Å². The predicted octanol–water partition coefficient (Wildman–Crippen LogP) is 2.38. The third kappa shape index (κ3) is 2.67. The summed E-state index contributed by atoms with van der Waals surface area (Å²) in [4.78, 5) is 22.4. The van der Waals surface area contributed by atoms with Crippen LogP contribution in [-0.4, -0.2) is 19.1 Å². The van der Waals surface area contributed by atoms with Gasteiger partial charge >= 0.3 is 0 Å². The van der Waals surface area contributed by atoms with E-state index in [0.29, 0.717) is 10.0 Å². The lowest BCUT2D eigenvalue weighted by atomic mass is 10.2. The molecule has 2 rings (SSSR count). The van der Waals surface area contributed by atoms with Crippen LogP contribution in [0, 0.1) is 17.0 Å². The van der Waals surface area contributed by atoms with E-state index in [-0.39, 0.29) is 27.8 Å². The molecule has 0 saturated carbocycles. The van der Waals surface area contributed by atoms with E-state index in [0.717, 1.165) is 11.5 Å². The molecule has 0 saturated heterocycles. The molecule has 10 heteroatoms. The maximum absolute atomic E-state index is 12.0. The molecule has 2 aromatic heterocycles. The van der Waals surface area contributed by atoms with Crippen molar-refractivity contribution in [2.75, 3.05) is 0 Å². The molecule has 0 aliphatic rings. The summed E-state index contributed by atoms with van der Waals surface area (Å²) in [6, 6.07) is 0. The first kappa shape index (κ1) is 14.1. The molecule has 19 heavy (non-hydrogen) atoms. The number of pyridine rings is 1. The fourth-order valence-corrected chi connectivity index (χ4v) is 2.50. The van der Waals surface area contributed by atoms with E-state index >= 15 is 0 Å². The Labute approximate surface area is 124 Å². The van der Waals surface area contributed by atoms with Crippen LogP contribution in [0.4, 0.5) is 5.69 Å². The highest BCUT2D eigenvalue weighted by molar-refractivity contribution is 9.10. The maximum atomic E-state index is 12.0. The summed E-state index contributed by atoms with van der Waals surface area (Å²) >= 11 is 9.91. The maximum Gasteiger partial charge on any atom is 0.289 e. The van der Waals surface area contributed by atoms with Crippen LogP contribution >= 0.6 is 39.1 Å². The molecule has 0 radical (unpaired) electrons. The Morgan fingerprint density at radius 2 is 2.32 bits per heavy atom. The fourth-order valence-electron chi connectivity index (χ4n) is 1.46. The van der Waals surface area contributed by atoms with E-state index in [1.165, 1.54) is 17.7 Å². The van der Waals surface area contributed by atoms with E-state index < -0.39 is 4.92 Å². The normalized spacial score (nSPS) is 10.7. The largest absolute Gasteiger partial charge is 0.302 e. The number of nitro groups is 1. The molecule has 0 unspecified atom stereocenters. The lowest BCUT2D eigenvalue weighted by Crippen LogP contribution is -2.23. The molecule has 0 aliphatic heterocycles. The van der Waals surface area contributed by atoms with Crippen molar-refractivity contribution >= 4 is 44.8 Å². The third-order valence-electron chi connectivity index (χ3n) is 2.47. The van der Waals surface area contributed by atoms with E-state index in [9.17, 15) is 14.9 Å². The molecular formula is C9H6BrClN4O3S. The summed E-state index contributed by atoms with van der Waals surface area (Å²) < 4.78 is 5.33. The van der Waals surface area contributed by atoms with Gasteiger partial charge in [-0.05, 0) is 22.9 Å². The summed E-state index contributed by atoms with van der Waals surface area (Å²) in [6.45, 7) is 1.54. The van der Waals surface area contributed by atoms with Crippen LogP contribution in [0.1, 0.15) is 11.3 Å². The lowest BCUT2D eigenvalue weighted by molar-refractivity contribution is -0.386. The van der Waals surface area contributed by atoms with Gasteiger partial charge in [-0.15, -0.1) is 5.10 Å². The Balaban J connectivity index is 2.55. The molecule has 0 aliphatic carbocycles. The molecule has 0 fully saturated rings. The van der Waals surface area contributed by atoms with Gasteiger partial charge in [-0.2, -0.15) is 0 Å². The zero-order chi connectivity index (χ0) is 14.2. The number of hydrogen-bond acceptors (Lipinski definition) is 6. The Morgan fingerprint density at radius 3 is 2.84 bits per heavy atom. The van der Waals surface area contributed by atoms with Crippen LogP contribution in [0.5, 0.6) is 0 Å². The smallest absolute Gasteiger partial charge is 0.289 e. The topological polar surface area (TPSA) is 90.9 Å². The van der Waals surface area contributed by atoms with E-state index in [1.54, 1.807) is 0 Å². The fraction of sp³-hybridized carbons (Fsp3) is 0.222. The van der Waals surface area contributed by atoms with E-state index in [1.807, 2.05) is 0 Å². The standard InChI is InChI=1S/C9H6BrClN4O3S/c1-4-6(15(17)18)3-14(9(16)7(4)10)2-5-8(11)19-13-12-5/h3H,2H2,1H3. The van der Waals surface area contributed by atoms with Gasteiger partial charge in [-0.25, -0.2) is 0 Å². The van der Waals surface area contributed by atoms with Crippen molar-refractivity contribution in [1.29, 1.82) is 0 Å². The van der Waals surface area contributed by atoms with Crippen LogP contribution in [-0.2, 0) is 6.54 Å². The van der Waals surface area contributed by atoms with Gasteiger partial charge in [-0.3, -0.25) is 14.9 Å². The second kappa shape index (κ2) is 5.35. The molecule has 0 aromatic carbocycles. The van der Waals surface area contributed by atoms with Gasteiger partial charge in [0.25, 0.3) is 11.2 Å². The molecule has 2 aromatic rings. The highest BCUT2D eigenvalue weighted by Crippen LogP contribution is 2.23. The minimum absolute atomic E-state index is 0.0356. The van der Waals surface area contributed by atoms with Gasteiger partial charge in [-0.1, -0.05) is 16.1 Å². The van der Waals surface area contributed by atoms with Gasteiger partial charge < -0.3 is 4.57 Å². The quantitative estimate of drug-likeness (QED) is 0.615. The number of hydrogen-bond donors (Lipinski definition) is 0. The Kier molecular flexibility index (Phi) is 3.97. The Bertz CT molecular complexity index is 714.